The van der Waals surface area contributed by atoms with E-state index in [9.17, 15) is 0 Å². The minimum atomic E-state index is 0.615. The quantitative estimate of drug-likeness (QED) is 0.765. The van der Waals surface area contributed by atoms with E-state index < -0.39 is 0 Å². The molecule has 0 unspecified atom stereocenters. The number of nitrogens with zero attached hydrogens (tertiary/aromatic N) is 1. The van der Waals surface area contributed by atoms with E-state index >= 15 is 0 Å². The van der Waals surface area contributed by atoms with E-state index in [2.05, 4.69) is 69.8 Å². The number of anilines is 1. The minimum absolute atomic E-state index is 0.615. The molecule has 23 heavy (non-hydrogen) atoms. The first-order valence-corrected chi connectivity index (χ1v) is 8.48. The molecule has 0 aliphatic carbocycles. The molecule has 0 saturated carbocycles. The van der Waals surface area contributed by atoms with Crippen LogP contribution < -0.4 is 10.2 Å². The number of aromatic amines is 1. The summed E-state index contributed by atoms with van der Waals surface area (Å²) in [5, 5.41) is 5.09. The number of H-pyrrole nitrogens is 1. The maximum absolute atomic E-state index is 3.75. The highest BCUT2D eigenvalue weighted by Crippen LogP contribution is 2.21. The summed E-state index contributed by atoms with van der Waals surface area (Å²) in [6.45, 7) is 3.22. The third-order valence-corrected chi connectivity index (χ3v) is 4.88. The molecule has 2 heterocycles. The van der Waals surface area contributed by atoms with Crippen LogP contribution in [0, 0.1) is 0 Å². The second kappa shape index (κ2) is 6.47. The van der Waals surface area contributed by atoms with E-state index in [1.54, 1.807) is 0 Å². The molecule has 0 spiro atoms. The van der Waals surface area contributed by atoms with Crippen molar-refractivity contribution in [3.05, 3.63) is 66.4 Å². The van der Waals surface area contributed by atoms with Gasteiger partial charge in [0.2, 0.25) is 0 Å². The first kappa shape index (κ1) is 14.3. The SMILES string of the molecule is c1ccc(N2CCC(NCc3cccc4[nH]ccc34)CC2)cc1. The van der Waals surface area contributed by atoms with E-state index in [4.69, 9.17) is 0 Å². The Morgan fingerprint density at radius 3 is 2.61 bits per heavy atom. The molecule has 1 aromatic heterocycles. The lowest BCUT2D eigenvalue weighted by molar-refractivity contribution is 0.414. The number of aromatic nitrogens is 1. The lowest BCUT2D eigenvalue weighted by atomic mass is 10.0. The van der Waals surface area contributed by atoms with Crippen molar-refractivity contribution >= 4 is 16.6 Å². The van der Waals surface area contributed by atoms with Crippen LogP contribution in [0.5, 0.6) is 0 Å². The van der Waals surface area contributed by atoms with Crippen LogP contribution in [0.2, 0.25) is 0 Å². The standard InChI is InChI=1S/C20H23N3/c1-2-6-18(7-3-1)23-13-10-17(11-14-23)22-15-16-5-4-8-20-19(16)9-12-21-20/h1-9,12,17,21-22H,10-11,13-15H2. The van der Waals surface area contributed by atoms with Crippen LogP contribution in [0.3, 0.4) is 0 Å². The fourth-order valence-corrected chi connectivity index (χ4v) is 3.54. The van der Waals surface area contributed by atoms with Gasteiger partial charge < -0.3 is 15.2 Å². The Hall–Kier alpha value is -2.26. The molecule has 2 aromatic carbocycles. The Balaban J connectivity index is 1.34. The van der Waals surface area contributed by atoms with Crippen LogP contribution in [0.4, 0.5) is 5.69 Å². The molecule has 118 valence electrons. The largest absolute Gasteiger partial charge is 0.371 e. The van der Waals surface area contributed by atoms with E-state index in [-0.39, 0.29) is 0 Å². The Kier molecular flexibility index (Phi) is 4.03. The van der Waals surface area contributed by atoms with E-state index in [0.717, 1.165) is 19.6 Å². The van der Waals surface area contributed by atoms with Crippen molar-refractivity contribution in [2.45, 2.75) is 25.4 Å². The fraction of sp³-hybridized carbons (Fsp3) is 0.300. The first-order valence-electron chi connectivity index (χ1n) is 8.48. The number of piperidine rings is 1. The summed E-state index contributed by atoms with van der Waals surface area (Å²) in [6.07, 6.45) is 4.43. The van der Waals surface area contributed by atoms with Gasteiger partial charge >= 0.3 is 0 Å². The molecule has 0 bridgehead atoms. The minimum Gasteiger partial charge on any atom is -0.371 e. The predicted molar refractivity (Wildman–Crippen MR) is 96.8 cm³/mol. The summed E-state index contributed by atoms with van der Waals surface area (Å²) >= 11 is 0. The van der Waals surface area contributed by atoms with Gasteiger partial charge in [-0.15, -0.1) is 0 Å². The zero-order chi connectivity index (χ0) is 15.5. The molecule has 0 radical (unpaired) electrons. The molecule has 1 saturated heterocycles. The van der Waals surface area contributed by atoms with Gasteiger partial charge in [0.15, 0.2) is 0 Å². The van der Waals surface area contributed by atoms with Crippen LogP contribution >= 0.6 is 0 Å². The van der Waals surface area contributed by atoms with Crippen molar-refractivity contribution in [3.63, 3.8) is 0 Å². The van der Waals surface area contributed by atoms with Gasteiger partial charge in [-0.05, 0) is 42.7 Å². The molecule has 3 nitrogen and oxygen atoms in total. The maximum Gasteiger partial charge on any atom is 0.0457 e. The zero-order valence-electron chi connectivity index (χ0n) is 13.3. The lowest BCUT2D eigenvalue weighted by Gasteiger charge is -2.34. The molecular weight excluding hydrogens is 282 g/mol. The van der Waals surface area contributed by atoms with Crippen molar-refractivity contribution in [2.75, 3.05) is 18.0 Å². The van der Waals surface area contributed by atoms with Crippen molar-refractivity contribution in [1.29, 1.82) is 0 Å². The molecular formula is C20H23N3. The highest BCUT2D eigenvalue weighted by atomic mass is 15.1. The molecule has 0 amide bonds. The second-order valence-electron chi connectivity index (χ2n) is 6.33. The third-order valence-electron chi connectivity index (χ3n) is 4.88. The number of fused-ring (bicyclic) bond motifs is 1. The number of benzene rings is 2. The molecule has 3 aromatic rings. The van der Waals surface area contributed by atoms with Gasteiger partial charge in [-0.1, -0.05) is 30.3 Å². The number of nitrogens with one attached hydrogen (secondary N) is 2. The van der Waals surface area contributed by atoms with Crippen molar-refractivity contribution in [3.8, 4) is 0 Å². The van der Waals surface area contributed by atoms with Gasteiger partial charge in [-0.3, -0.25) is 0 Å². The first-order chi connectivity index (χ1) is 11.4. The highest BCUT2D eigenvalue weighted by Gasteiger charge is 2.19. The summed E-state index contributed by atoms with van der Waals surface area (Å²) < 4.78 is 0. The normalized spacial score (nSPS) is 16.1. The van der Waals surface area contributed by atoms with E-state index in [1.165, 1.54) is 35.0 Å². The Morgan fingerprint density at radius 1 is 0.957 bits per heavy atom. The Bertz CT molecular complexity index is 755. The second-order valence-corrected chi connectivity index (χ2v) is 6.33. The summed E-state index contributed by atoms with van der Waals surface area (Å²) in [6, 6.07) is 20.0. The van der Waals surface area contributed by atoms with Gasteiger partial charge in [0.1, 0.15) is 0 Å². The zero-order valence-corrected chi connectivity index (χ0v) is 13.3. The average Bonchev–Trinajstić information content (AvgIpc) is 3.10. The smallest absolute Gasteiger partial charge is 0.0457 e. The summed E-state index contributed by atoms with van der Waals surface area (Å²) in [7, 11) is 0. The molecule has 0 atom stereocenters. The van der Waals surface area contributed by atoms with Crippen LogP contribution in [-0.2, 0) is 6.54 Å². The van der Waals surface area contributed by atoms with Crippen LogP contribution in [0.1, 0.15) is 18.4 Å². The van der Waals surface area contributed by atoms with Gasteiger partial charge in [-0.25, -0.2) is 0 Å². The Labute approximate surface area is 137 Å². The average molecular weight is 305 g/mol. The van der Waals surface area contributed by atoms with Crippen molar-refractivity contribution in [1.82, 2.24) is 10.3 Å². The summed E-state index contributed by atoms with van der Waals surface area (Å²) in [4.78, 5) is 5.78. The van der Waals surface area contributed by atoms with E-state index in [0.29, 0.717) is 6.04 Å². The van der Waals surface area contributed by atoms with Crippen LogP contribution in [0.25, 0.3) is 10.9 Å². The Morgan fingerprint density at radius 2 is 1.78 bits per heavy atom. The van der Waals surface area contributed by atoms with Crippen LogP contribution in [-0.4, -0.2) is 24.1 Å². The van der Waals surface area contributed by atoms with Crippen molar-refractivity contribution < 1.29 is 0 Å². The predicted octanol–water partition coefficient (Wildman–Crippen LogP) is 3.93. The number of rotatable bonds is 4. The van der Waals surface area contributed by atoms with Gasteiger partial charge in [-0.2, -0.15) is 0 Å². The highest BCUT2D eigenvalue weighted by molar-refractivity contribution is 5.82. The van der Waals surface area contributed by atoms with Crippen molar-refractivity contribution in [2.24, 2.45) is 0 Å². The number of hydrogen-bond acceptors (Lipinski definition) is 2. The fourth-order valence-electron chi connectivity index (χ4n) is 3.54. The summed E-state index contributed by atoms with van der Waals surface area (Å²) in [5.74, 6) is 0. The van der Waals surface area contributed by atoms with Gasteiger partial charge in [0.25, 0.3) is 0 Å². The molecule has 1 fully saturated rings. The number of hydrogen-bond donors (Lipinski definition) is 2. The molecule has 2 N–H and O–H groups in total. The number of para-hydroxylation sites is 1. The third kappa shape index (κ3) is 3.10. The molecule has 3 heteroatoms. The van der Waals surface area contributed by atoms with Gasteiger partial charge in [0, 0.05) is 48.5 Å². The molecule has 1 aliphatic heterocycles. The van der Waals surface area contributed by atoms with Gasteiger partial charge in [0.05, 0.1) is 0 Å². The lowest BCUT2D eigenvalue weighted by Crippen LogP contribution is -2.42. The summed E-state index contributed by atoms with van der Waals surface area (Å²) in [5.41, 5.74) is 3.96. The van der Waals surface area contributed by atoms with E-state index in [1.807, 2.05) is 6.20 Å². The van der Waals surface area contributed by atoms with Crippen LogP contribution in [0.15, 0.2) is 60.8 Å². The molecule has 4 rings (SSSR count). The topological polar surface area (TPSA) is 31.1 Å². The maximum atomic E-state index is 3.75. The monoisotopic (exact) mass is 305 g/mol. The molecule has 1 aliphatic rings.